The van der Waals surface area contributed by atoms with Gasteiger partial charge in [-0.1, -0.05) is 6.92 Å². The second-order valence-electron chi connectivity index (χ2n) is 2.35. The number of hydrogen-bond donors (Lipinski definition) is 0. The highest BCUT2D eigenvalue weighted by atomic mass is 16.5. The molecule has 0 rings (SSSR count). The summed E-state index contributed by atoms with van der Waals surface area (Å²) in [6.45, 7) is 1.54. The van der Waals surface area contributed by atoms with E-state index in [0.29, 0.717) is 0 Å². The van der Waals surface area contributed by atoms with Gasteiger partial charge >= 0.3 is 11.9 Å². The molecule has 72 valence electrons. The predicted molar refractivity (Wildman–Crippen MR) is 42.4 cm³/mol. The molecule has 0 heterocycles. The van der Waals surface area contributed by atoms with E-state index in [2.05, 4.69) is 9.47 Å². The minimum Gasteiger partial charge on any atom is -0.467 e. The van der Waals surface area contributed by atoms with Crippen LogP contribution < -0.4 is 0 Å². The quantitative estimate of drug-likeness (QED) is 0.465. The van der Waals surface area contributed by atoms with Gasteiger partial charge in [-0.25, -0.2) is 9.59 Å². The van der Waals surface area contributed by atoms with E-state index in [1.807, 2.05) is 0 Å². The molecule has 0 N–H and O–H groups in total. The summed E-state index contributed by atoms with van der Waals surface area (Å²) in [7, 11) is 2.24. The van der Waals surface area contributed by atoms with Crippen LogP contribution in [0, 0.1) is 16.7 Å². The Bertz CT molecular complexity index is 237. The Morgan fingerprint density at radius 1 is 1.31 bits per heavy atom. The molecule has 0 aromatic carbocycles. The van der Waals surface area contributed by atoms with Crippen LogP contribution in [0.4, 0.5) is 0 Å². The van der Waals surface area contributed by atoms with Crippen molar-refractivity contribution in [3.05, 3.63) is 0 Å². The van der Waals surface area contributed by atoms with Crippen LogP contribution in [0.2, 0.25) is 0 Å². The average Bonchev–Trinajstić information content (AvgIpc) is 2.19. The number of carbonyl (C=O) groups is 2. The van der Waals surface area contributed by atoms with E-state index >= 15 is 0 Å². The van der Waals surface area contributed by atoms with Gasteiger partial charge in [0.25, 0.3) is 0 Å². The van der Waals surface area contributed by atoms with Crippen LogP contribution in [0.5, 0.6) is 0 Å². The van der Waals surface area contributed by atoms with Gasteiger partial charge in [-0.3, -0.25) is 0 Å². The van der Waals surface area contributed by atoms with Gasteiger partial charge < -0.3 is 9.47 Å². The van der Waals surface area contributed by atoms with Crippen LogP contribution in [-0.2, 0) is 19.1 Å². The maximum atomic E-state index is 11.2. The smallest absolute Gasteiger partial charge is 0.337 e. The molecule has 0 aromatic rings. The standard InChI is InChI=1S/C8H11NO4/c1-4-8(5-9,6(10)12-2)7(11)13-3/h4H2,1-3H3. The number of nitrogens with zero attached hydrogens (tertiary/aromatic N) is 1. The van der Waals surface area contributed by atoms with Crippen LogP contribution in [0.1, 0.15) is 13.3 Å². The molecule has 0 aliphatic heterocycles. The molecule has 13 heavy (non-hydrogen) atoms. The Balaban J connectivity index is 5.06. The average molecular weight is 185 g/mol. The first-order chi connectivity index (χ1) is 6.08. The van der Waals surface area contributed by atoms with Crippen molar-refractivity contribution in [3.63, 3.8) is 0 Å². The molecular formula is C8H11NO4. The zero-order valence-electron chi connectivity index (χ0n) is 7.79. The van der Waals surface area contributed by atoms with Crippen LogP contribution in [0.15, 0.2) is 0 Å². The topological polar surface area (TPSA) is 76.4 Å². The molecule has 0 amide bonds. The summed E-state index contributed by atoms with van der Waals surface area (Å²) in [6.07, 6.45) is 0.0306. The van der Waals surface area contributed by atoms with E-state index in [-0.39, 0.29) is 6.42 Å². The summed E-state index contributed by atoms with van der Waals surface area (Å²) in [5.74, 6) is -1.77. The minimum absolute atomic E-state index is 0.0306. The molecule has 0 bridgehead atoms. The monoisotopic (exact) mass is 185 g/mol. The highest BCUT2D eigenvalue weighted by Gasteiger charge is 2.47. The van der Waals surface area contributed by atoms with E-state index in [0.717, 1.165) is 14.2 Å². The third-order valence-electron chi connectivity index (χ3n) is 1.79. The van der Waals surface area contributed by atoms with Crippen molar-refractivity contribution in [2.75, 3.05) is 14.2 Å². The van der Waals surface area contributed by atoms with Crippen molar-refractivity contribution in [1.82, 2.24) is 0 Å². The number of hydrogen-bond acceptors (Lipinski definition) is 5. The molecule has 0 unspecified atom stereocenters. The van der Waals surface area contributed by atoms with E-state index < -0.39 is 17.4 Å². The SMILES string of the molecule is CCC(C#N)(C(=O)OC)C(=O)OC. The van der Waals surface area contributed by atoms with Crippen molar-refractivity contribution >= 4 is 11.9 Å². The maximum absolute atomic E-state index is 11.2. The lowest BCUT2D eigenvalue weighted by molar-refractivity contribution is -0.164. The van der Waals surface area contributed by atoms with Crippen molar-refractivity contribution in [3.8, 4) is 6.07 Å². The second kappa shape index (κ2) is 4.45. The molecule has 0 spiro atoms. The number of carbonyl (C=O) groups excluding carboxylic acids is 2. The zero-order chi connectivity index (χ0) is 10.5. The van der Waals surface area contributed by atoms with Crippen LogP contribution >= 0.6 is 0 Å². The zero-order valence-corrected chi connectivity index (χ0v) is 7.79. The third kappa shape index (κ3) is 1.78. The summed E-state index contributed by atoms with van der Waals surface area (Å²) in [6, 6.07) is 1.62. The van der Waals surface area contributed by atoms with Gasteiger partial charge in [0, 0.05) is 0 Å². The molecule has 5 nitrogen and oxygen atoms in total. The lowest BCUT2D eigenvalue weighted by Crippen LogP contribution is -2.39. The normalized spacial score (nSPS) is 10.0. The number of methoxy groups -OCH3 is 2. The molecule has 0 saturated heterocycles. The number of esters is 2. The van der Waals surface area contributed by atoms with Gasteiger partial charge in [-0.2, -0.15) is 5.26 Å². The van der Waals surface area contributed by atoms with Gasteiger partial charge in [0.05, 0.1) is 20.3 Å². The van der Waals surface area contributed by atoms with E-state index in [4.69, 9.17) is 5.26 Å². The summed E-state index contributed by atoms with van der Waals surface area (Å²) in [5, 5.41) is 8.73. The predicted octanol–water partition coefficient (Wildman–Crippen LogP) is 0.252. The molecule has 0 aliphatic rings. The van der Waals surface area contributed by atoms with Crippen LogP contribution in [-0.4, -0.2) is 26.2 Å². The first kappa shape index (κ1) is 11.4. The Kier molecular flexibility index (Phi) is 3.92. The molecule has 0 aromatic heterocycles. The molecule has 0 atom stereocenters. The largest absolute Gasteiger partial charge is 0.467 e. The lowest BCUT2D eigenvalue weighted by atomic mass is 9.87. The molecule has 0 aliphatic carbocycles. The first-order valence-corrected chi connectivity index (χ1v) is 3.67. The van der Waals surface area contributed by atoms with Gasteiger partial charge in [-0.05, 0) is 6.42 Å². The fraction of sp³-hybridized carbons (Fsp3) is 0.625. The van der Waals surface area contributed by atoms with Gasteiger partial charge in [0.15, 0.2) is 0 Å². The van der Waals surface area contributed by atoms with E-state index in [9.17, 15) is 9.59 Å². The van der Waals surface area contributed by atoms with Crippen molar-refractivity contribution in [2.45, 2.75) is 13.3 Å². The highest BCUT2D eigenvalue weighted by Crippen LogP contribution is 2.24. The molecule has 0 fully saturated rings. The fourth-order valence-electron chi connectivity index (χ4n) is 0.891. The van der Waals surface area contributed by atoms with Gasteiger partial charge in [0.1, 0.15) is 0 Å². The number of ether oxygens (including phenoxy) is 2. The summed E-state index contributed by atoms with van der Waals surface area (Å²) in [4.78, 5) is 22.3. The summed E-state index contributed by atoms with van der Waals surface area (Å²) in [5.41, 5.74) is -1.82. The maximum Gasteiger partial charge on any atom is 0.337 e. The van der Waals surface area contributed by atoms with Gasteiger partial charge in [0.2, 0.25) is 5.41 Å². The highest BCUT2D eigenvalue weighted by molar-refractivity contribution is 6.03. The van der Waals surface area contributed by atoms with Crippen molar-refractivity contribution < 1.29 is 19.1 Å². The lowest BCUT2D eigenvalue weighted by Gasteiger charge is -2.18. The second-order valence-corrected chi connectivity index (χ2v) is 2.35. The van der Waals surface area contributed by atoms with E-state index in [1.54, 1.807) is 6.07 Å². The number of nitriles is 1. The van der Waals surface area contributed by atoms with Crippen LogP contribution in [0.3, 0.4) is 0 Å². The minimum atomic E-state index is -1.82. The first-order valence-electron chi connectivity index (χ1n) is 3.67. The Morgan fingerprint density at radius 2 is 1.69 bits per heavy atom. The van der Waals surface area contributed by atoms with Gasteiger partial charge in [-0.15, -0.1) is 0 Å². The summed E-state index contributed by atoms with van der Waals surface area (Å²) < 4.78 is 8.72. The molecule has 5 heteroatoms. The van der Waals surface area contributed by atoms with Crippen LogP contribution in [0.25, 0.3) is 0 Å². The molecule has 0 radical (unpaired) electrons. The van der Waals surface area contributed by atoms with E-state index in [1.165, 1.54) is 6.92 Å². The van der Waals surface area contributed by atoms with Crippen molar-refractivity contribution in [2.24, 2.45) is 5.41 Å². The number of rotatable bonds is 3. The molecule has 0 saturated carbocycles. The third-order valence-corrected chi connectivity index (χ3v) is 1.79. The van der Waals surface area contributed by atoms with Crippen molar-refractivity contribution in [1.29, 1.82) is 5.26 Å². The Morgan fingerprint density at radius 3 is 1.85 bits per heavy atom. The summed E-state index contributed by atoms with van der Waals surface area (Å²) >= 11 is 0. The Hall–Kier alpha value is -1.57. The Labute approximate surface area is 76.2 Å². The fourth-order valence-corrected chi connectivity index (χ4v) is 0.891. The molecular weight excluding hydrogens is 174 g/mol.